The van der Waals surface area contributed by atoms with Crippen LogP contribution in [0.4, 0.5) is 0 Å². The molecule has 0 bridgehead atoms. The zero-order valence-corrected chi connectivity index (χ0v) is 17.6. The average Bonchev–Trinajstić information content (AvgIpc) is 3.00. The van der Waals surface area contributed by atoms with E-state index in [2.05, 4.69) is 5.32 Å². The van der Waals surface area contributed by atoms with Gasteiger partial charge in [0.2, 0.25) is 0 Å². The Balaban J connectivity index is 1.53. The fourth-order valence-corrected chi connectivity index (χ4v) is 3.33. The third-order valence-electron chi connectivity index (χ3n) is 4.94. The number of carbonyl (C=O) groups excluding carboxylic acids is 2. The minimum absolute atomic E-state index is 0.146. The summed E-state index contributed by atoms with van der Waals surface area (Å²) in [5.41, 5.74) is 1.99. The van der Waals surface area contributed by atoms with Crippen LogP contribution in [-0.2, 0) is 20.7 Å². The lowest BCUT2D eigenvalue weighted by molar-refractivity contribution is -0.148. The second kappa shape index (κ2) is 10.7. The third-order valence-corrected chi connectivity index (χ3v) is 4.94. The van der Waals surface area contributed by atoms with Crippen LogP contribution in [0, 0.1) is 5.92 Å². The topological polar surface area (TPSA) is 73.9 Å². The second-order valence-corrected chi connectivity index (χ2v) is 7.69. The largest absolute Gasteiger partial charge is 0.490 e. The van der Waals surface area contributed by atoms with Crippen LogP contribution in [0.3, 0.4) is 0 Å². The van der Waals surface area contributed by atoms with E-state index in [1.807, 2.05) is 62.4 Å². The molecule has 1 atom stereocenters. The Morgan fingerprint density at radius 3 is 2.50 bits per heavy atom. The van der Waals surface area contributed by atoms with Crippen LogP contribution in [0.15, 0.2) is 48.5 Å². The fourth-order valence-electron chi connectivity index (χ4n) is 3.33. The highest BCUT2D eigenvalue weighted by molar-refractivity contribution is 5.81. The molecule has 0 aliphatic carbocycles. The minimum atomic E-state index is -0.384. The summed E-state index contributed by atoms with van der Waals surface area (Å²) in [4.78, 5) is 24.4. The summed E-state index contributed by atoms with van der Waals surface area (Å²) >= 11 is 0. The molecule has 0 radical (unpaired) electrons. The molecular formula is C24H29NO5. The van der Waals surface area contributed by atoms with Gasteiger partial charge in [0, 0.05) is 12.8 Å². The molecule has 2 aromatic rings. The van der Waals surface area contributed by atoms with E-state index in [0.717, 1.165) is 23.3 Å². The highest BCUT2D eigenvalue weighted by Crippen LogP contribution is 2.34. The molecule has 6 heteroatoms. The van der Waals surface area contributed by atoms with Crippen molar-refractivity contribution in [1.82, 2.24) is 5.32 Å². The van der Waals surface area contributed by atoms with Crippen molar-refractivity contribution in [2.24, 2.45) is 5.92 Å². The van der Waals surface area contributed by atoms with E-state index in [4.69, 9.17) is 14.2 Å². The van der Waals surface area contributed by atoms with Gasteiger partial charge in [0.25, 0.3) is 5.91 Å². The maximum atomic E-state index is 12.4. The van der Waals surface area contributed by atoms with Crippen molar-refractivity contribution < 1.29 is 23.8 Å². The maximum Gasteiger partial charge on any atom is 0.306 e. The summed E-state index contributed by atoms with van der Waals surface area (Å²) in [6, 6.07) is 15.2. The summed E-state index contributed by atoms with van der Waals surface area (Å²) in [7, 11) is 0. The lowest BCUT2D eigenvalue weighted by Crippen LogP contribution is -2.35. The van der Waals surface area contributed by atoms with Gasteiger partial charge in [0.15, 0.2) is 18.1 Å². The van der Waals surface area contributed by atoms with Crippen molar-refractivity contribution in [1.29, 1.82) is 0 Å². The molecule has 0 saturated carbocycles. The van der Waals surface area contributed by atoms with Crippen molar-refractivity contribution in [2.45, 2.75) is 39.2 Å². The van der Waals surface area contributed by atoms with E-state index in [1.54, 1.807) is 0 Å². The number of benzene rings is 2. The SMILES string of the molecule is CC(C)[C@H](NC(=O)COC(=O)CCc1ccccc1)c1ccc2c(c1)OCCCO2. The number of esters is 1. The summed E-state index contributed by atoms with van der Waals surface area (Å²) in [6.07, 6.45) is 1.67. The molecule has 0 saturated heterocycles. The highest BCUT2D eigenvalue weighted by atomic mass is 16.5. The summed E-state index contributed by atoms with van der Waals surface area (Å²) in [6.45, 7) is 5.00. The van der Waals surface area contributed by atoms with Crippen LogP contribution in [-0.4, -0.2) is 31.7 Å². The number of rotatable bonds is 8. The summed E-state index contributed by atoms with van der Waals surface area (Å²) < 4.78 is 16.6. The molecule has 2 aromatic carbocycles. The summed E-state index contributed by atoms with van der Waals surface area (Å²) in [5, 5.41) is 2.97. The standard InChI is InChI=1S/C24H29NO5/c1-17(2)24(19-10-11-20-21(15-19)29-14-6-13-28-20)25-22(26)16-30-23(27)12-9-18-7-4-3-5-8-18/h3-5,7-8,10-11,15,17,24H,6,9,12-14,16H2,1-2H3,(H,25,26)/t24-/m0/s1. The molecule has 1 aliphatic rings. The minimum Gasteiger partial charge on any atom is -0.490 e. The lowest BCUT2D eigenvalue weighted by atomic mass is 9.95. The van der Waals surface area contributed by atoms with Gasteiger partial charge in [-0.25, -0.2) is 0 Å². The Morgan fingerprint density at radius 2 is 1.77 bits per heavy atom. The first-order chi connectivity index (χ1) is 14.5. The van der Waals surface area contributed by atoms with Crippen molar-refractivity contribution >= 4 is 11.9 Å². The van der Waals surface area contributed by atoms with E-state index in [0.29, 0.717) is 25.4 Å². The van der Waals surface area contributed by atoms with Gasteiger partial charge >= 0.3 is 5.97 Å². The molecule has 0 fully saturated rings. The van der Waals surface area contributed by atoms with Crippen LogP contribution in [0.25, 0.3) is 0 Å². The Bertz CT molecular complexity index is 850. The van der Waals surface area contributed by atoms with Crippen LogP contribution in [0.1, 0.15) is 43.9 Å². The molecule has 30 heavy (non-hydrogen) atoms. The zero-order valence-electron chi connectivity index (χ0n) is 17.6. The van der Waals surface area contributed by atoms with E-state index in [-0.39, 0.29) is 36.9 Å². The maximum absolute atomic E-state index is 12.4. The molecule has 1 amide bonds. The number of aryl methyl sites for hydroxylation is 1. The van der Waals surface area contributed by atoms with E-state index in [9.17, 15) is 9.59 Å². The van der Waals surface area contributed by atoms with Crippen molar-refractivity contribution in [3.63, 3.8) is 0 Å². The Hall–Kier alpha value is -3.02. The molecule has 1 N–H and O–H groups in total. The molecule has 3 rings (SSSR count). The van der Waals surface area contributed by atoms with Crippen LogP contribution in [0.5, 0.6) is 11.5 Å². The van der Waals surface area contributed by atoms with Gasteiger partial charge in [0.05, 0.1) is 19.3 Å². The number of hydrogen-bond donors (Lipinski definition) is 1. The first-order valence-electron chi connectivity index (χ1n) is 10.4. The van der Waals surface area contributed by atoms with Gasteiger partial charge in [-0.3, -0.25) is 9.59 Å². The van der Waals surface area contributed by atoms with E-state index in [1.165, 1.54) is 0 Å². The molecule has 0 spiro atoms. The smallest absolute Gasteiger partial charge is 0.306 e. The number of carbonyl (C=O) groups is 2. The quantitative estimate of drug-likeness (QED) is 0.668. The highest BCUT2D eigenvalue weighted by Gasteiger charge is 2.21. The molecule has 160 valence electrons. The van der Waals surface area contributed by atoms with Crippen LogP contribution in [0.2, 0.25) is 0 Å². The van der Waals surface area contributed by atoms with Gasteiger partial charge in [0.1, 0.15) is 0 Å². The van der Waals surface area contributed by atoms with Crippen LogP contribution >= 0.6 is 0 Å². The Kier molecular flexibility index (Phi) is 7.71. The zero-order chi connectivity index (χ0) is 21.3. The van der Waals surface area contributed by atoms with Gasteiger partial charge < -0.3 is 19.5 Å². The predicted molar refractivity (Wildman–Crippen MR) is 113 cm³/mol. The number of hydrogen-bond acceptors (Lipinski definition) is 5. The molecule has 1 heterocycles. The monoisotopic (exact) mass is 411 g/mol. The predicted octanol–water partition coefficient (Wildman–Crippen LogP) is 3.84. The van der Waals surface area contributed by atoms with E-state index < -0.39 is 0 Å². The Morgan fingerprint density at radius 1 is 1.03 bits per heavy atom. The van der Waals surface area contributed by atoms with Crippen LogP contribution < -0.4 is 14.8 Å². The first kappa shape index (κ1) is 21.7. The molecular weight excluding hydrogens is 382 g/mol. The normalized spacial score (nSPS) is 14.0. The first-order valence-corrected chi connectivity index (χ1v) is 10.4. The number of nitrogens with one attached hydrogen (secondary N) is 1. The Labute approximate surface area is 177 Å². The van der Waals surface area contributed by atoms with Gasteiger partial charge in [-0.2, -0.15) is 0 Å². The number of ether oxygens (including phenoxy) is 3. The number of amides is 1. The second-order valence-electron chi connectivity index (χ2n) is 7.69. The number of fused-ring (bicyclic) bond motifs is 1. The van der Waals surface area contributed by atoms with Gasteiger partial charge in [-0.05, 0) is 35.6 Å². The third kappa shape index (κ3) is 6.24. The van der Waals surface area contributed by atoms with Gasteiger partial charge in [-0.15, -0.1) is 0 Å². The fraction of sp³-hybridized carbons (Fsp3) is 0.417. The van der Waals surface area contributed by atoms with Crippen molar-refractivity contribution in [3.05, 3.63) is 59.7 Å². The molecule has 6 nitrogen and oxygen atoms in total. The molecule has 0 aromatic heterocycles. The van der Waals surface area contributed by atoms with Crippen molar-refractivity contribution in [2.75, 3.05) is 19.8 Å². The van der Waals surface area contributed by atoms with E-state index >= 15 is 0 Å². The van der Waals surface area contributed by atoms with Crippen molar-refractivity contribution in [3.8, 4) is 11.5 Å². The molecule has 0 unspecified atom stereocenters. The summed E-state index contributed by atoms with van der Waals surface area (Å²) in [5.74, 6) is 0.849. The van der Waals surface area contributed by atoms with Gasteiger partial charge in [-0.1, -0.05) is 50.2 Å². The lowest BCUT2D eigenvalue weighted by Gasteiger charge is -2.23. The average molecular weight is 411 g/mol. The molecule has 1 aliphatic heterocycles.